The lowest BCUT2D eigenvalue weighted by atomic mass is 10.2. The van der Waals surface area contributed by atoms with Crippen molar-refractivity contribution >= 4 is 35.6 Å². The molecule has 0 saturated carbocycles. The van der Waals surface area contributed by atoms with Gasteiger partial charge in [-0.3, -0.25) is 0 Å². The lowest BCUT2D eigenvalue weighted by Gasteiger charge is -2.11. The number of aliphatic imine (C=N–C) groups is 1. The fraction of sp³-hybridized carbons (Fsp3) is 0.444. The molecule has 1 aliphatic heterocycles. The standard InChI is InChI=1S/C18H25N5O2.HI/c1-13(2)12-23-7-6-20-17(23)11-21-18(19)22-14-4-5-15-16(10-14)25-9-3-8-24-15;/h4-7,10,13H,3,8-9,11-12H2,1-2H3,(H3,19,21,22);1H. The van der Waals surface area contributed by atoms with E-state index in [1.165, 1.54) is 0 Å². The summed E-state index contributed by atoms with van der Waals surface area (Å²) in [6, 6.07) is 5.66. The van der Waals surface area contributed by atoms with E-state index < -0.39 is 0 Å². The number of fused-ring (bicyclic) bond motifs is 1. The van der Waals surface area contributed by atoms with E-state index in [1.807, 2.05) is 24.4 Å². The van der Waals surface area contributed by atoms with E-state index in [0.29, 0.717) is 31.6 Å². The van der Waals surface area contributed by atoms with Gasteiger partial charge in [0, 0.05) is 37.1 Å². The van der Waals surface area contributed by atoms with Gasteiger partial charge in [0.25, 0.3) is 0 Å². The third kappa shape index (κ3) is 5.52. The van der Waals surface area contributed by atoms with Gasteiger partial charge < -0.3 is 25.1 Å². The molecule has 1 aromatic carbocycles. The van der Waals surface area contributed by atoms with Crippen LogP contribution in [0.15, 0.2) is 35.6 Å². The maximum atomic E-state index is 6.01. The first-order chi connectivity index (χ1) is 12.1. The molecule has 0 unspecified atom stereocenters. The highest BCUT2D eigenvalue weighted by atomic mass is 127. The van der Waals surface area contributed by atoms with Gasteiger partial charge in [-0.1, -0.05) is 13.8 Å². The zero-order chi connectivity index (χ0) is 17.6. The number of nitrogens with zero attached hydrogens (tertiary/aromatic N) is 3. The molecule has 0 spiro atoms. The highest BCUT2D eigenvalue weighted by Gasteiger charge is 2.11. The molecule has 0 radical (unpaired) electrons. The van der Waals surface area contributed by atoms with Crippen LogP contribution >= 0.6 is 24.0 Å². The monoisotopic (exact) mass is 471 g/mol. The number of imidazole rings is 1. The van der Waals surface area contributed by atoms with Crippen LogP contribution in [0, 0.1) is 5.92 Å². The fourth-order valence-electron chi connectivity index (χ4n) is 2.64. The fourth-order valence-corrected chi connectivity index (χ4v) is 2.64. The van der Waals surface area contributed by atoms with Crippen molar-refractivity contribution in [2.45, 2.75) is 33.4 Å². The number of benzene rings is 1. The first-order valence-electron chi connectivity index (χ1n) is 8.58. The van der Waals surface area contributed by atoms with E-state index in [1.54, 1.807) is 6.20 Å². The van der Waals surface area contributed by atoms with E-state index in [-0.39, 0.29) is 24.0 Å². The van der Waals surface area contributed by atoms with Gasteiger partial charge >= 0.3 is 0 Å². The summed E-state index contributed by atoms with van der Waals surface area (Å²) in [5.74, 6) is 3.27. The van der Waals surface area contributed by atoms with Crippen molar-refractivity contribution in [2.24, 2.45) is 16.6 Å². The lowest BCUT2D eigenvalue weighted by Crippen LogP contribution is -2.23. The molecule has 26 heavy (non-hydrogen) atoms. The molecular formula is C18H26IN5O2. The second-order valence-electron chi connectivity index (χ2n) is 6.43. The van der Waals surface area contributed by atoms with Gasteiger partial charge in [0.2, 0.25) is 0 Å². The van der Waals surface area contributed by atoms with Crippen LogP contribution < -0.4 is 20.5 Å². The Morgan fingerprint density at radius 2 is 2.08 bits per heavy atom. The predicted octanol–water partition coefficient (Wildman–Crippen LogP) is 3.25. The Labute approximate surface area is 171 Å². The molecule has 1 aliphatic rings. The van der Waals surface area contributed by atoms with E-state index >= 15 is 0 Å². The van der Waals surface area contributed by atoms with Crippen LogP contribution in [0.3, 0.4) is 0 Å². The third-order valence-corrected chi connectivity index (χ3v) is 3.77. The van der Waals surface area contributed by atoms with Crippen LogP contribution in [-0.4, -0.2) is 28.7 Å². The maximum absolute atomic E-state index is 6.01. The molecule has 0 saturated heterocycles. The Hall–Kier alpha value is -1.97. The zero-order valence-corrected chi connectivity index (χ0v) is 17.5. The zero-order valence-electron chi connectivity index (χ0n) is 15.1. The minimum atomic E-state index is 0. The van der Waals surface area contributed by atoms with Gasteiger partial charge in [-0.15, -0.1) is 24.0 Å². The Morgan fingerprint density at radius 3 is 2.85 bits per heavy atom. The minimum absolute atomic E-state index is 0. The number of aromatic nitrogens is 2. The maximum Gasteiger partial charge on any atom is 0.193 e. The van der Waals surface area contributed by atoms with Crippen LogP contribution in [0.1, 0.15) is 26.1 Å². The summed E-state index contributed by atoms with van der Waals surface area (Å²) in [5.41, 5.74) is 6.83. The van der Waals surface area contributed by atoms with Crippen LogP contribution in [0.2, 0.25) is 0 Å². The molecule has 0 fully saturated rings. The van der Waals surface area contributed by atoms with Crippen LogP contribution in [0.4, 0.5) is 5.69 Å². The van der Waals surface area contributed by atoms with Gasteiger partial charge in [-0.2, -0.15) is 0 Å². The Morgan fingerprint density at radius 1 is 1.31 bits per heavy atom. The van der Waals surface area contributed by atoms with Gasteiger partial charge in [0.1, 0.15) is 12.4 Å². The Balaban J connectivity index is 0.00000243. The van der Waals surface area contributed by atoms with Crippen molar-refractivity contribution in [1.82, 2.24) is 9.55 Å². The van der Waals surface area contributed by atoms with Crippen LogP contribution in [-0.2, 0) is 13.1 Å². The van der Waals surface area contributed by atoms with Crippen LogP contribution in [0.25, 0.3) is 0 Å². The number of anilines is 1. The molecule has 0 amide bonds. The summed E-state index contributed by atoms with van der Waals surface area (Å²) < 4.78 is 13.4. The average molecular weight is 471 g/mol. The highest BCUT2D eigenvalue weighted by molar-refractivity contribution is 14.0. The molecule has 1 aromatic heterocycles. The summed E-state index contributed by atoms with van der Waals surface area (Å²) in [4.78, 5) is 8.74. The first kappa shape index (κ1) is 20.3. The minimum Gasteiger partial charge on any atom is -0.490 e. The van der Waals surface area contributed by atoms with Crippen LogP contribution in [0.5, 0.6) is 11.5 Å². The predicted molar refractivity (Wildman–Crippen MR) is 113 cm³/mol. The second kappa shape index (κ2) is 9.65. The van der Waals surface area contributed by atoms with Gasteiger partial charge in [-0.05, 0) is 18.1 Å². The molecule has 0 bridgehead atoms. The SMILES string of the molecule is CC(C)Cn1ccnc1CN=C(N)Nc1ccc2c(c1)OCCCO2.I. The van der Waals surface area contributed by atoms with E-state index in [9.17, 15) is 0 Å². The molecule has 7 nitrogen and oxygen atoms in total. The van der Waals surface area contributed by atoms with Crippen molar-refractivity contribution in [3.05, 3.63) is 36.4 Å². The molecule has 3 rings (SSSR count). The number of nitrogens with two attached hydrogens (primary N) is 1. The molecule has 2 aromatic rings. The molecule has 0 aliphatic carbocycles. The number of hydrogen-bond donors (Lipinski definition) is 2. The normalized spacial score (nSPS) is 13.9. The summed E-state index contributed by atoms with van der Waals surface area (Å²) in [6.45, 7) is 7.02. The van der Waals surface area contributed by atoms with E-state index in [0.717, 1.165) is 36.0 Å². The largest absolute Gasteiger partial charge is 0.490 e. The molecular weight excluding hydrogens is 445 g/mol. The number of guanidine groups is 1. The summed E-state index contributed by atoms with van der Waals surface area (Å²) in [6.07, 6.45) is 4.64. The molecule has 0 atom stereocenters. The average Bonchev–Trinajstić information content (AvgIpc) is 2.87. The number of halogens is 1. The Kier molecular flexibility index (Phi) is 7.55. The molecule has 3 N–H and O–H groups in total. The number of nitrogens with one attached hydrogen (secondary N) is 1. The third-order valence-electron chi connectivity index (χ3n) is 3.77. The van der Waals surface area contributed by atoms with Crippen molar-refractivity contribution in [2.75, 3.05) is 18.5 Å². The summed E-state index contributed by atoms with van der Waals surface area (Å²) in [5, 5.41) is 3.09. The summed E-state index contributed by atoms with van der Waals surface area (Å²) in [7, 11) is 0. The molecule has 2 heterocycles. The van der Waals surface area contributed by atoms with Crippen molar-refractivity contribution in [3.63, 3.8) is 0 Å². The number of hydrogen-bond acceptors (Lipinski definition) is 4. The topological polar surface area (TPSA) is 86.7 Å². The van der Waals surface area contributed by atoms with Gasteiger partial charge in [-0.25, -0.2) is 9.98 Å². The van der Waals surface area contributed by atoms with Gasteiger partial charge in [0.05, 0.1) is 13.2 Å². The van der Waals surface area contributed by atoms with E-state index in [2.05, 4.69) is 33.7 Å². The Bertz CT molecular complexity index is 745. The summed E-state index contributed by atoms with van der Waals surface area (Å²) >= 11 is 0. The van der Waals surface area contributed by atoms with Crippen molar-refractivity contribution < 1.29 is 9.47 Å². The van der Waals surface area contributed by atoms with Crippen molar-refractivity contribution in [3.8, 4) is 11.5 Å². The second-order valence-corrected chi connectivity index (χ2v) is 6.43. The lowest BCUT2D eigenvalue weighted by molar-refractivity contribution is 0.297. The number of ether oxygens (including phenoxy) is 2. The first-order valence-corrected chi connectivity index (χ1v) is 8.58. The van der Waals surface area contributed by atoms with E-state index in [4.69, 9.17) is 15.2 Å². The smallest absolute Gasteiger partial charge is 0.193 e. The number of rotatable bonds is 5. The van der Waals surface area contributed by atoms with Crippen molar-refractivity contribution in [1.29, 1.82) is 0 Å². The quantitative estimate of drug-likeness (QED) is 0.397. The highest BCUT2D eigenvalue weighted by Crippen LogP contribution is 2.32. The molecule has 142 valence electrons. The van der Waals surface area contributed by atoms with Gasteiger partial charge in [0.15, 0.2) is 17.5 Å². The molecule has 8 heteroatoms.